The van der Waals surface area contributed by atoms with Gasteiger partial charge < -0.3 is 19.9 Å². The van der Waals surface area contributed by atoms with Crippen molar-refractivity contribution in [2.75, 3.05) is 39.0 Å². The molecule has 1 atom stereocenters. The van der Waals surface area contributed by atoms with Crippen LogP contribution >= 0.6 is 0 Å². The Morgan fingerprint density at radius 2 is 1.79 bits per heavy atom. The van der Waals surface area contributed by atoms with Gasteiger partial charge in [0.15, 0.2) is 0 Å². The molecule has 1 unspecified atom stereocenters. The number of nitrogens with one attached hydrogen (secondary N) is 1. The number of carbonyl (C=O) groups excluding carboxylic acids is 4. The van der Waals surface area contributed by atoms with Gasteiger partial charge in [-0.25, -0.2) is 9.18 Å². The SMILES string of the molecule is CC(=O)Nc1cc(F)cc(C(=O)N2CCN(C(=O)OCc3ccccc3)C(C(=O)N(C)C)C2)c1. The highest BCUT2D eigenvalue weighted by atomic mass is 19.1. The number of amides is 4. The molecule has 2 aromatic rings. The molecule has 0 bridgehead atoms. The van der Waals surface area contributed by atoms with Crippen LogP contribution in [0.4, 0.5) is 14.9 Å². The number of likely N-dealkylation sites (N-methyl/N-ethyl adjacent to an activating group) is 1. The normalized spacial score (nSPS) is 15.5. The van der Waals surface area contributed by atoms with Crippen molar-refractivity contribution in [1.29, 1.82) is 0 Å². The van der Waals surface area contributed by atoms with Crippen molar-refractivity contribution in [3.63, 3.8) is 0 Å². The average molecular weight is 471 g/mol. The fourth-order valence-corrected chi connectivity index (χ4v) is 3.67. The van der Waals surface area contributed by atoms with Crippen LogP contribution in [0.15, 0.2) is 48.5 Å². The lowest BCUT2D eigenvalue weighted by Gasteiger charge is -2.40. The van der Waals surface area contributed by atoms with E-state index in [9.17, 15) is 23.6 Å². The van der Waals surface area contributed by atoms with Crippen molar-refractivity contribution >= 4 is 29.5 Å². The fourth-order valence-electron chi connectivity index (χ4n) is 3.67. The lowest BCUT2D eigenvalue weighted by atomic mass is 10.1. The van der Waals surface area contributed by atoms with E-state index in [1.165, 1.54) is 27.7 Å². The first kappa shape index (κ1) is 24.7. The second kappa shape index (κ2) is 10.8. The average Bonchev–Trinajstić information content (AvgIpc) is 2.81. The molecule has 1 fully saturated rings. The number of benzene rings is 2. The van der Waals surface area contributed by atoms with E-state index in [-0.39, 0.29) is 43.4 Å². The van der Waals surface area contributed by atoms with Crippen molar-refractivity contribution in [2.45, 2.75) is 19.6 Å². The minimum atomic E-state index is -0.959. The van der Waals surface area contributed by atoms with Gasteiger partial charge in [-0.3, -0.25) is 19.3 Å². The maximum atomic E-state index is 14.1. The summed E-state index contributed by atoms with van der Waals surface area (Å²) >= 11 is 0. The zero-order valence-corrected chi connectivity index (χ0v) is 19.3. The van der Waals surface area contributed by atoms with Gasteiger partial charge in [0.05, 0.1) is 6.54 Å². The molecule has 0 spiro atoms. The molecule has 1 aliphatic rings. The van der Waals surface area contributed by atoms with Crippen LogP contribution in [0.3, 0.4) is 0 Å². The molecule has 4 amide bonds. The van der Waals surface area contributed by atoms with E-state index in [0.717, 1.165) is 17.7 Å². The summed E-state index contributed by atoms with van der Waals surface area (Å²) in [6.07, 6.45) is -0.658. The van der Waals surface area contributed by atoms with E-state index < -0.39 is 29.8 Å². The molecule has 0 radical (unpaired) electrons. The number of halogens is 1. The summed E-state index contributed by atoms with van der Waals surface area (Å²) in [5.41, 5.74) is 0.987. The van der Waals surface area contributed by atoms with E-state index in [4.69, 9.17) is 4.74 Å². The molecule has 0 saturated carbocycles. The third kappa shape index (κ3) is 6.09. The molecule has 180 valence electrons. The fraction of sp³-hybridized carbons (Fsp3) is 0.333. The Labute approximate surface area is 197 Å². The number of nitrogens with zero attached hydrogens (tertiary/aromatic N) is 3. The number of hydrogen-bond acceptors (Lipinski definition) is 5. The maximum absolute atomic E-state index is 14.1. The Balaban J connectivity index is 1.76. The van der Waals surface area contributed by atoms with Gasteiger partial charge in [0.1, 0.15) is 18.5 Å². The van der Waals surface area contributed by atoms with Crippen molar-refractivity contribution in [1.82, 2.24) is 14.7 Å². The molecule has 1 aliphatic heterocycles. The molecule has 0 aromatic heterocycles. The third-order valence-corrected chi connectivity index (χ3v) is 5.30. The molecule has 1 N–H and O–H groups in total. The second-order valence-electron chi connectivity index (χ2n) is 8.14. The standard InChI is InChI=1S/C24H27FN4O5/c1-16(30)26-20-12-18(11-19(25)13-20)22(31)28-9-10-29(21(14-28)23(32)27(2)3)24(33)34-15-17-7-5-4-6-8-17/h4-8,11-13,21H,9-10,14-15H2,1-3H3,(H,26,30). The summed E-state index contributed by atoms with van der Waals surface area (Å²) in [6, 6.07) is 11.7. The summed E-state index contributed by atoms with van der Waals surface area (Å²) in [5.74, 6) is -1.96. The predicted octanol–water partition coefficient (Wildman–Crippen LogP) is 2.34. The van der Waals surface area contributed by atoms with Crippen LogP contribution < -0.4 is 5.32 Å². The smallest absolute Gasteiger partial charge is 0.410 e. The summed E-state index contributed by atoms with van der Waals surface area (Å²) in [7, 11) is 3.12. The number of anilines is 1. The molecular formula is C24H27FN4O5. The molecule has 3 rings (SSSR count). The molecule has 10 heteroatoms. The largest absolute Gasteiger partial charge is 0.445 e. The van der Waals surface area contributed by atoms with Gasteiger partial charge in [-0.05, 0) is 23.8 Å². The molecule has 0 aliphatic carbocycles. The lowest BCUT2D eigenvalue weighted by molar-refractivity contribution is -0.135. The van der Waals surface area contributed by atoms with Crippen LogP contribution in [0.25, 0.3) is 0 Å². The highest BCUT2D eigenvalue weighted by Gasteiger charge is 2.39. The zero-order valence-electron chi connectivity index (χ0n) is 19.3. The van der Waals surface area contributed by atoms with Crippen molar-refractivity contribution in [3.8, 4) is 0 Å². The topological polar surface area (TPSA) is 99.3 Å². The first-order chi connectivity index (χ1) is 16.2. The molecular weight excluding hydrogens is 443 g/mol. The van der Waals surface area contributed by atoms with Crippen molar-refractivity contribution in [2.24, 2.45) is 0 Å². The van der Waals surface area contributed by atoms with Gasteiger partial charge in [-0.2, -0.15) is 0 Å². The van der Waals surface area contributed by atoms with Gasteiger partial charge >= 0.3 is 6.09 Å². The monoisotopic (exact) mass is 470 g/mol. The Bertz CT molecular complexity index is 1080. The summed E-state index contributed by atoms with van der Waals surface area (Å²) < 4.78 is 19.5. The van der Waals surface area contributed by atoms with E-state index in [1.807, 2.05) is 30.3 Å². The van der Waals surface area contributed by atoms with Gasteiger partial charge in [0.25, 0.3) is 5.91 Å². The Hall–Kier alpha value is -3.95. The quantitative estimate of drug-likeness (QED) is 0.723. The van der Waals surface area contributed by atoms with Crippen molar-refractivity contribution < 1.29 is 28.3 Å². The first-order valence-electron chi connectivity index (χ1n) is 10.7. The molecule has 9 nitrogen and oxygen atoms in total. The minimum absolute atomic E-state index is 0.0277. The van der Waals surface area contributed by atoms with Gasteiger partial charge in [0, 0.05) is 45.4 Å². The highest BCUT2D eigenvalue weighted by Crippen LogP contribution is 2.20. The van der Waals surface area contributed by atoms with Gasteiger partial charge in [-0.1, -0.05) is 30.3 Å². The first-order valence-corrected chi connectivity index (χ1v) is 10.7. The second-order valence-corrected chi connectivity index (χ2v) is 8.14. The maximum Gasteiger partial charge on any atom is 0.410 e. The molecule has 1 heterocycles. The van der Waals surface area contributed by atoms with E-state index in [0.29, 0.717) is 0 Å². The van der Waals surface area contributed by atoms with Crippen LogP contribution in [0.2, 0.25) is 0 Å². The summed E-state index contributed by atoms with van der Waals surface area (Å²) in [6.45, 7) is 1.44. The number of piperazine rings is 1. The van der Waals surface area contributed by atoms with Crippen molar-refractivity contribution in [3.05, 3.63) is 65.5 Å². The van der Waals surface area contributed by atoms with Crippen LogP contribution in [-0.4, -0.2) is 78.3 Å². The molecule has 34 heavy (non-hydrogen) atoms. The Morgan fingerprint density at radius 1 is 1.09 bits per heavy atom. The lowest BCUT2D eigenvalue weighted by Crippen LogP contribution is -2.61. The number of hydrogen-bond donors (Lipinski definition) is 1. The van der Waals surface area contributed by atoms with Gasteiger partial charge in [-0.15, -0.1) is 0 Å². The van der Waals surface area contributed by atoms with Crippen LogP contribution in [0, 0.1) is 5.82 Å². The third-order valence-electron chi connectivity index (χ3n) is 5.30. The van der Waals surface area contributed by atoms with Gasteiger partial charge in [0.2, 0.25) is 11.8 Å². The number of ether oxygens (including phenoxy) is 1. The minimum Gasteiger partial charge on any atom is -0.445 e. The van der Waals surface area contributed by atoms with E-state index in [2.05, 4.69) is 5.32 Å². The summed E-state index contributed by atoms with van der Waals surface area (Å²) in [4.78, 5) is 54.1. The summed E-state index contributed by atoms with van der Waals surface area (Å²) in [5, 5.41) is 2.46. The van der Waals surface area contributed by atoms with Crippen LogP contribution in [0.5, 0.6) is 0 Å². The van der Waals surface area contributed by atoms with Crippen LogP contribution in [0.1, 0.15) is 22.8 Å². The van der Waals surface area contributed by atoms with Crippen LogP contribution in [-0.2, 0) is 20.9 Å². The van der Waals surface area contributed by atoms with E-state index >= 15 is 0 Å². The number of carbonyl (C=O) groups is 4. The predicted molar refractivity (Wildman–Crippen MR) is 122 cm³/mol. The Kier molecular flexibility index (Phi) is 7.83. The number of rotatable bonds is 5. The van der Waals surface area contributed by atoms with E-state index in [1.54, 1.807) is 14.1 Å². The molecule has 2 aromatic carbocycles. The molecule has 1 saturated heterocycles. The zero-order chi connectivity index (χ0) is 24.8. The highest BCUT2D eigenvalue weighted by molar-refractivity contribution is 5.97. The Morgan fingerprint density at radius 3 is 2.44 bits per heavy atom.